The first-order valence-corrected chi connectivity index (χ1v) is 6.17. The minimum atomic E-state index is -0.436. The van der Waals surface area contributed by atoms with E-state index in [2.05, 4.69) is 5.92 Å². The molecule has 0 bridgehead atoms. The van der Waals surface area contributed by atoms with Crippen molar-refractivity contribution < 1.29 is 14.2 Å². The molecular weight excluding hydrogens is 252 g/mol. The molecule has 2 aromatic rings. The molecule has 0 fully saturated rings. The number of hydrogen-bond acceptors (Lipinski definition) is 3. The summed E-state index contributed by atoms with van der Waals surface area (Å²) in [5, 5.41) is 0. The van der Waals surface area contributed by atoms with Gasteiger partial charge in [-0.2, -0.15) is 0 Å². The summed E-state index contributed by atoms with van der Waals surface area (Å²) in [6.45, 7) is 0. The van der Waals surface area contributed by atoms with Gasteiger partial charge in [-0.3, -0.25) is 0 Å². The van der Waals surface area contributed by atoms with E-state index in [0.29, 0.717) is 5.75 Å². The van der Waals surface area contributed by atoms with Gasteiger partial charge < -0.3 is 14.2 Å². The Morgan fingerprint density at radius 1 is 0.800 bits per heavy atom. The number of rotatable bonds is 5. The summed E-state index contributed by atoms with van der Waals surface area (Å²) in [5.41, 5.74) is 0.907. The van der Waals surface area contributed by atoms with Gasteiger partial charge in [0.2, 0.25) is 0 Å². The van der Waals surface area contributed by atoms with Crippen LogP contribution in [0.3, 0.4) is 0 Å². The molecule has 20 heavy (non-hydrogen) atoms. The van der Waals surface area contributed by atoms with Crippen molar-refractivity contribution >= 4 is 0 Å². The summed E-state index contributed by atoms with van der Waals surface area (Å²) in [6.07, 6.45) is 5.11. The maximum absolute atomic E-state index is 5.79. The van der Waals surface area contributed by atoms with Crippen molar-refractivity contribution in [3.8, 4) is 29.6 Å². The maximum atomic E-state index is 5.79. The summed E-state index contributed by atoms with van der Waals surface area (Å²) in [7, 11) is 3.25. The number of terminal acetylenes is 1. The zero-order valence-electron chi connectivity index (χ0n) is 11.5. The molecule has 1 atom stereocenters. The van der Waals surface area contributed by atoms with Crippen LogP contribution < -0.4 is 14.2 Å². The number of methoxy groups -OCH3 is 2. The molecule has 102 valence electrons. The van der Waals surface area contributed by atoms with Crippen molar-refractivity contribution in [2.75, 3.05) is 14.2 Å². The molecule has 2 aromatic carbocycles. The predicted octanol–water partition coefficient (Wildman–Crippen LogP) is 3.46. The molecule has 3 nitrogen and oxygen atoms in total. The van der Waals surface area contributed by atoms with Crippen LogP contribution in [0.4, 0.5) is 0 Å². The number of hydrogen-bond donors (Lipinski definition) is 0. The lowest BCUT2D eigenvalue weighted by Gasteiger charge is -2.14. The first-order valence-electron chi connectivity index (χ1n) is 6.17. The summed E-state index contributed by atoms with van der Waals surface area (Å²) >= 11 is 0. The fourth-order valence-corrected chi connectivity index (χ4v) is 1.77. The van der Waals surface area contributed by atoms with Crippen molar-refractivity contribution in [2.45, 2.75) is 6.10 Å². The van der Waals surface area contributed by atoms with Gasteiger partial charge in [0.05, 0.1) is 14.2 Å². The molecule has 2 rings (SSSR count). The fourth-order valence-electron chi connectivity index (χ4n) is 1.77. The van der Waals surface area contributed by atoms with Gasteiger partial charge in [-0.1, -0.05) is 18.1 Å². The number of ether oxygens (including phenoxy) is 3. The maximum Gasteiger partial charge on any atom is 0.184 e. The second-order valence-electron chi connectivity index (χ2n) is 4.11. The molecule has 0 spiro atoms. The highest BCUT2D eigenvalue weighted by molar-refractivity contribution is 5.35. The highest BCUT2D eigenvalue weighted by Gasteiger charge is 2.10. The van der Waals surface area contributed by atoms with Crippen molar-refractivity contribution in [2.24, 2.45) is 0 Å². The van der Waals surface area contributed by atoms with Crippen LogP contribution in [0.25, 0.3) is 0 Å². The van der Waals surface area contributed by atoms with Gasteiger partial charge in [0.25, 0.3) is 0 Å². The molecule has 3 heteroatoms. The van der Waals surface area contributed by atoms with Gasteiger partial charge >= 0.3 is 0 Å². The lowest BCUT2D eigenvalue weighted by Crippen LogP contribution is -2.05. The standard InChI is InChI=1S/C17H16O3/c1-4-17(13-5-7-14(18-2)8-6-13)20-16-11-9-15(19-3)10-12-16/h1,5-12,17H,2-3H3/t17-/m1/s1. The van der Waals surface area contributed by atoms with Gasteiger partial charge in [0, 0.05) is 5.56 Å². The van der Waals surface area contributed by atoms with Gasteiger partial charge in [-0.25, -0.2) is 0 Å². The molecule has 0 N–H and O–H groups in total. The normalized spacial score (nSPS) is 11.2. The second-order valence-corrected chi connectivity index (χ2v) is 4.11. The van der Waals surface area contributed by atoms with Crippen molar-refractivity contribution in [1.29, 1.82) is 0 Å². The summed E-state index contributed by atoms with van der Waals surface area (Å²) in [6, 6.07) is 14.8. The SMILES string of the molecule is C#C[C@@H](Oc1ccc(OC)cc1)c1ccc(OC)cc1. The van der Waals surface area contributed by atoms with Gasteiger partial charge in [0.15, 0.2) is 6.10 Å². The Balaban J connectivity index is 2.13. The topological polar surface area (TPSA) is 27.7 Å². The molecule has 0 heterocycles. The average molecular weight is 268 g/mol. The summed E-state index contributed by atoms with van der Waals surface area (Å²) in [4.78, 5) is 0. The molecule has 0 saturated carbocycles. The third-order valence-corrected chi connectivity index (χ3v) is 2.88. The Morgan fingerprint density at radius 2 is 1.25 bits per heavy atom. The Labute approximate surface area is 119 Å². The first-order chi connectivity index (χ1) is 9.76. The lowest BCUT2D eigenvalue weighted by molar-refractivity contribution is 0.264. The minimum absolute atomic E-state index is 0.436. The summed E-state index contributed by atoms with van der Waals surface area (Å²) < 4.78 is 16.0. The lowest BCUT2D eigenvalue weighted by atomic mass is 10.1. The van der Waals surface area contributed by atoms with E-state index in [1.165, 1.54) is 0 Å². The quantitative estimate of drug-likeness (QED) is 0.777. The van der Waals surface area contributed by atoms with Crippen LogP contribution in [0.5, 0.6) is 17.2 Å². The average Bonchev–Trinajstić information content (AvgIpc) is 2.53. The molecule has 0 aromatic heterocycles. The van der Waals surface area contributed by atoms with Crippen LogP contribution >= 0.6 is 0 Å². The van der Waals surface area contributed by atoms with Gasteiger partial charge in [0.1, 0.15) is 17.2 Å². The highest BCUT2D eigenvalue weighted by atomic mass is 16.5. The van der Waals surface area contributed by atoms with Crippen LogP contribution in [-0.2, 0) is 0 Å². The first kappa shape index (κ1) is 13.8. The van der Waals surface area contributed by atoms with Crippen LogP contribution in [0.1, 0.15) is 11.7 Å². The van der Waals surface area contributed by atoms with Gasteiger partial charge in [-0.15, -0.1) is 6.42 Å². The smallest absolute Gasteiger partial charge is 0.184 e. The molecule has 0 aliphatic rings. The summed E-state index contributed by atoms with van der Waals surface area (Å²) in [5.74, 6) is 4.90. The van der Waals surface area contributed by atoms with E-state index >= 15 is 0 Å². The van der Waals surface area contributed by atoms with Gasteiger partial charge in [-0.05, 0) is 36.4 Å². The highest BCUT2D eigenvalue weighted by Crippen LogP contribution is 2.25. The van der Waals surface area contributed by atoms with Crippen molar-refractivity contribution in [3.05, 3.63) is 54.1 Å². The molecule has 0 radical (unpaired) electrons. The van der Waals surface area contributed by atoms with Crippen LogP contribution in [0, 0.1) is 12.3 Å². The monoisotopic (exact) mass is 268 g/mol. The van der Waals surface area contributed by atoms with Crippen LogP contribution in [0.15, 0.2) is 48.5 Å². The van der Waals surface area contributed by atoms with Crippen molar-refractivity contribution in [3.63, 3.8) is 0 Å². The van der Waals surface area contributed by atoms with E-state index in [1.807, 2.05) is 48.5 Å². The Hall–Kier alpha value is -2.60. The minimum Gasteiger partial charge on any atom is -0.497 e. The Kier molecular flexibility index (Phi) is 4.52. The molecule has 0 saturated heterocycles. The van der Waals surface area contributed by atoms with E-state index < -0.39 is 6.10 Å². The van der Waals surface area contributed by atoms with E-state index in [1.54, 1.807) is 14.2 Å². The molecular formula is C17H16O3. The van der Waals surface area contributed by atoms with Crippen LogP contribution in [-0.4, -0.2) is 14.2 Å². The zero-order chi connectivity index (χ0) is 14.4. The van der Waals surface area contributed by atoms with E-state index in [-0.39, 0.29) is 0 Å². The van der Waals surface area contributed by atoms with E-state index in [9.17, 15) is 0 Å². The fraction of sp³-hybridized carbons (Fsp3) is 0.176. The largest absolute Gasteiger partial charge is 0.497 e. The van der Waals surface area contributed by atoms with E-state index in [4.69, 9.17) is 20.6 Å². The van der Waals surface area contributed by atoms with E-state index in [0.717, 1.165) is 17.1 Å². The Bertz CT molecular complexity index is 579. The molecule has 0 amide bonds. The molecule has 0 unspecified atom stereocenters. The zero-order valence-corrected chi connectivity index (χ0v) is 11.5. The van der Waals surface area contributed by atoms with Crippen molar-refractivity contribution in [1.82, 2.24) is 0 Å². The number of benzene rings is 2. The Morgan fingerprint density at radius 3 is 1.70 bits per heavy atom. The predicted molar refractivity (Wildman–Crippen MR) is 78.2 cm³/mol. The third kappa shape index (κ3) is 3.24. The van der Waals surface area contributed by atoms with Crippen LogP contribution in [0.2, 0.25) is 0 Å². The second kappa shape index (κ2) is 6.53. The third-order valence-electron chi connectivity index (χ3n) is 2.88. The molecule has 0 aliphatic carbocycles. The molecule has 0 aliphatic heterocycles.